The van der Waals surface area contributed by atoms with Gasteiger partial charge in [-0.25, -0.2) is 13.2 Å². The third-order valence-corrected chi connectivity index (χ3v) is 8.35. The first-order chi connectivity index (χ1) is 16.1. The van der Waals surface area contributed by atoms with E-state index < -0.39 is 16.0 Å². The molecule has 0 spiro atoms. The number of methoxy groups -OCH3 is 1. The largest absolute Gasteiger partial charge is 0.495 e. The van der Waals surface area contributed by atoms with E-state index in [0.717, 1.165) is 23.6 Å². The number of nitrogens with one attached hydrogen (secondary N) is 1. The third-order valence-electron chi connectivity index (χ3n) is 6.56. The molecule has 34 heavy (non-hydrogen) atoms. The molecular formula is C25H32N2O6S. The fraction of sp³-hybridized carbons (Fsp3) is 0.440. The minimum Gasteiger partial charge on any atom is -0.495 e. The van der Waals surface area contributed by atoms with Gasteiger partial charge in [0.25, 0.3) is 15.9 Å². The third kappa shape index (κ3) is 5.70. The number of amides is 1. The van der Waals surface area contributed by atoms with E-state index in [0.29, 0.717) is 23.3 Å². The van der Waals surface area contributed by atoms with Gasteiger partial charge in [0.05, 0.1) is 23.3 Å². The highest BCUT2D eigenvalue weighted by Gasteiger charge is 2.28. The first-order valence-corrected chi connectivity index (χ1v) is 12.8. The van der Waals surface area contributed by atoms with Crippen LogP contribution in [-0.2, 0) is 19.6 Å². The summed E-state index contributed by atoms with van der Waals surface area (Å²) in [5.74, 6) is 0.304. The number of anilines is 1. The van der Waals surface area contributed by atoms with Gasteiger partial charge in [0.2, 0.25) is 0 Å². The molecule has 0 bridgehead atoms. The highest BCUT2D eigenvalue weighted by atomic mass is 32.2. The SMILES string of the molecule is COc1ccccc1N(C)S(=O)(=O)c1ccc(C(=O)OCC(=O)N[C@@H]2CCC[C@@H](C)[C@@H]2C)cc1. The Kier molecular flexibility index (Phi) is 8.19. The normalized spacial score (nSPS) is 20.3. The summed E-state index contributed by atoms with van der Waals surface area (Å²) in [6.45, 7) is 3.93. The van der Waals surface area contributed by atoms with Crippen LogP contribution in [0.2, 0.25) is 0 Å². The first-order valence-electron chi connectivity index (χ1n) is 11.3. The number of hydrogen-bond acceptors (Lipinski definition) is 6. The zero-order valence-corrected chi connectivity index (χ0v) is 20.8. The monoisotopic (exact) mass is 488 g/mol. The second-order valence-corrected chi connectivity index (χ2v) is 10.7. The van der Waals surface area contributed by atoms with E-state index >= 15 is 0 Å². The minimum atomic E-state index is -3.88. The number of ether oxygens (including phenoxy) is 2. The Morgan fingerprint density at radius 2 is 1.74 bits per heavy atom. The molecule has 1 saturated carbocycles. The van der Waals surface area contributed by atoms with Crippen LogP contribution in [0.3, 0.4) is 0 Å². The van der Waals surface area contributed by atoms with Crippen molar-refractivity contribution in [3.05, 3.63) is 54.1 Å². The number of esters is 1. The molecule has 2 aromatic carbocycles. The number of sulfonamides is 1. The van der Waals surface area contributed by atoms with E-state index in [4.69, 9.17) is 9.47 Å². The Morgan fingerprint density at radius 1 is 1.06 bits per heavy atom. The molecule has 2 aromatic rings. The van der Waals surface area contributed by atoms with Crippen molar-refractivity contribution in [2.75, 3.05) is 25.1 Å². The summed E-state index contributed by atoms with van der Waals surface area (Å²) in [6.07, 6.45) is 3.14. The van der Waals surface area contributed by atoms with Crippen LogP contribution in [0.1, 0.15) is 43.5 Å². The Hall–Kier alpha value is -3.07. The molecule has 0 saturated heterocycles. The van der Waals surface area contributed by atoms with E-state index in [9.17, 15) is 18.0 Å². The van der Waals surface area contributed by atoms with E-state index in [-0.39, 0.29) is 29.0 Å². The first kappa shape index (κ1) is 25.6. The number of carbonyl (C=O) groups is 2. The minimum absolute atomic E-state index is 0.00982. The fourth-order valence-corrected chi connectivity index (χ4v) is 5.40. The van der Waals surface area contributed by atoms with Crippen molar-refractivity contribution in [3.8, 4) is 5.75 Å². The summed E-state index contributed by atoms with van der Waals surface area (Å²) in [5, 5.41) is 2.96. The van der Waals surface area contributed by atoms with Gasteiger partial charge in [-0.15, -0.1) is 0 Å². The molecule has 8 nitrogen and oxygen atoms in total. The van der Waals surface area contributed by atoms with Crippen molar-refractivity contribution in [2.24, 2.45) is 11.8 Å². The number of carbonyl (C=O) groups excluding carboxylic acids is 2. The molecule has 1 N–H and O–H groups in total. The van der Waals surface area contributed by atoms with Gasteiger partial charge in [0.1, 0.15) is 5.75 Å². The van der Waals surface area contributed by atoms with Gasteiger partial charge in [-0.2, -0.15) is 0 Å². The second kappa shape index (κ2) is 10.9. The standard InChI is InChI=1S/C25H32N2O6S/c1-17-8-7-9-21(18(17)2)26-24(28)16-33-25(29)19-12-14-20(15-13-19)34(30,31)27(3)22-10-5-6-11-23(22)32-4/h5-6,10-15,17-18,21H,7-9,16H2,1-4H3,(H,26,28)/t17-,18+,21-/m1/s1. The molecule has 3 atom stereocenters. The number of hydrogen-bond donors (Lipinski definition) is 1. The van der Waals surface area contributed by atoms with Crippen LogP contribution >= 0.6 is 0 Å². The molecule has 184 valence electrons. The van der Waals surface area contributed by atoms with Crippen molar-refractivity contribution >= 4 is 27.6 Å². The zero-order valence-electron chi connectivity index (χ0n) is 20.0. The Labute approximate surface area is 201 Å². The number of nitrogens with zero attached hydrogens (tertiary/aromatic N) is 1. The highest BCUT2D eigenvalue weighted by Crippen LogP contribution is 2.31. The predicted octanol–water partition coefficient (Wildman–Crippen LogP) is 3.62. The van der Waals surface area contributed by atoms with Crippen LogP contribution in [0.25, 0.3) is 0 Å². The number of benzene rings is 2. The highest BCUT2D eigenvalue weighted by molar-refractivity contribution is 7.92. The molecule has 1 aliphatic rings. The van der Waals surface area contributed by atoms with Crippen LogP contribution in [-0.4, -0.2) is 47.1 Å². The number of para-hydroxylation sites is 2. The van der Waals surface area contributed by atoms with E-state index in [2.05, 4.69) is 19.2 Å². The Balaban J connectivity index is 1.61. The summed E-state index contributed by atoms with van der Waals surface area (Å²) < 4.78 is 37.6. The summed E-state index contributed by atoms with van der Waals surface area (Å²) in [6, 6.07) is 12.3. The van der Waals surface area contributed by atoms with Crippen LogP contribution < -0.4 is 14.4 Å². The molecule has 0 aliphatic heterocycles. The summed E-state index contributed by atoms with van der Waals surface area (Å²) in [4.78, 5) is 24.7. The van der Waals surface area contributed by atoms with Gasteiger partial charge in [-0.05, 0) is 54.7 Å². The zero-order chi connectivity index (χ0) is 24.9. The van der Waals surface area contributed by atoms with E-state index in [1.807, 2.05) is 0 Å². The molecule has 3 rings (SSSR count). The summed E-state index contributed by atoms with van der Waals surface area (Å²) in [5.41, 5.74) is 0.549. The average molecular weight is 489 g/mol. The van der Waals surface area contributed by atoms with Gasteiger partial charge in [-0.3, -0.25) is 9.10 Å². The fourth-order valence-electron chi connectivity index (χ4n) is 4.19. The molecule has 0 heterocycles. The van der Waals surface area contributed by atoms with Crippen LogP contribution in [0.5, 0.6) is 5.75 Å². The molecule has 1 aliphatic carbocycles. The molecule has 9 heteroatoms. The van der Waals surface area contributed by atoms with Crippen LogP contribution in [0.15, 0.2) is 53.4 Å². The van der Waals surface area contributed by atoms with Crippen molar-refractivity contribution < 1.29 is 27.5 Å². The summed E-state index contributed by atoms with van der Waals surface area (Å²) >= 11 is 0. The maximum Gasteiger partial charge on any atom is 0.338 e. The van der Waals surface area contributed by atoms with Gasteiger partial charge >= 0.3 is 5.97 Å². The van der Waals surface area contributed by atoms with Crippen molar-refractivity contribution in [2.45, 2.75) is 44.0 Å². The lowest BCUT2D eigenvalue weighted by molar-refractivity contribution is -0.125. The van der Waals surface area contributed by atoms with E-state index in [1.165, 1.54) is 38.4 Å². The van der Waals surface area contributed by atoms with Gasteiger partial charge in [0, 0.05) is 13.1 Å². The lowest BCUT2D eigenvalue weighted by Crippen LogP contribution is -2.45. The average Bonchev–Trinajstić information content (AvgIpc) is 2.84. The molecular weight excluding hydrogens is 456 g/mol. The van der Waals surface area contributed by atoms with Gasteiger partial charge < -0.3 is 14.8 Å². The molecule has 0 unspecified atom stereocenters. The molecule has 0 radical (unpaired) electrons. The quantitative estimate of drug-likeness (QED) is 0.570. The Morgan fingerprint density at radius 3 is 2.41 bits per heavy atom. The van der Waals surface area contributed by atoms with Gasteiger partial charge in [0.15, 0.2) is 6.61 Å². The maximum atomic E-state index is 13.0. The molecule has 0 aromatic heterocycles. The van der Waals surface area contributed by atoms with E-state index in [1.54, 1.807) is 24.3 Å². The molecule has 1 amide bonds. The lowest BCUT2D eigenvalue weighted by Gasteiger charge is -2.34. The topological polar surface area (TPSA) is 102 Å². The maximum absolute atomic E-state index is 13.0. The van der Waals surface area contributed by atoms with Crippen molar-refractivity contribution in [3.63, 3.8) is 0 Å². The van der Waals surface area contributed by atoms with Crippen LogP contribution in [0.4, 0.5) is 5.69 Å². The number of rotatable bonds is 8. The van der Waals surface area contributed by atoms with Crippen molar-refractivity contribution in [1.29, 1.82) is 0 Å². The predicted molar refractivity (Wildman–Crippen MR) is 129 cm³/mol. The smallest absolute Gasteiger partial charge is 0.338 e. The second-order valence-electron chi connectivity index (χ2n) is 8.69. The molecule has 1 fully saturated rings. The van der Waals surface area contributed by atoms with Crippen LogP contribution in [0, 0.1) is 11.8 Å². The Bertz CT molecular complexity index is 1120. The van der Waals surface area contributed by atoms with Gasteiger partial charge in [-0.1, -0.05) is 38.8 Å². The summed E-state index contributed by atoms with van der Waals surface area (Å²) in [7, 11) is -0.981. The van der Waals surface area contributed by atoms with Crippen molar-refractivity contribution in [1.82, 2.24) is 5.32 Å². The lowest BCUT2D eigenvalue weighted by atomic mass is 9.78.